The van der Waals surface area contributed by atoms with E-state index in [1.807, 2.05) is 20.8 Å². The third-order valence-corrected chi connectivity index (χ3v) is 3.88. The summed E-state index contributed by atoms with van der Waals surface area (Å²) >= 11 is 0. The Labute approximate surface area is 134 Å². The largest absolute Gasteiger partial charge is 0.377 e. The van der Waals surface area contributed by atoms with Gasteiger partial charge in [-0.25, -0.2) is 0 Å². The molecule has 0 spiro atoms. The van der Waals surface area contributed by atoms with Crippen LogP contribution >= 0.6 is 0 Å². The maximum absolute atomic E-state index is 11.9. The Morgan fingerprint density at radius 3 is 2.55 bits per heavy atom. The highest BCUT2D eigenvalue weighted by Crippen LogP contribution is 2.17. The minimum atomic E-state index is -0.289. The summed E-state index contributed by atoms with van der Waals surface area (Å²) in [4.78, 5) is 16.4. The Bertz CT molecular complexity index is 363. The van der Waals surface area contributed by atoms with Crippen molar-refractivity contribution in [2.75, 3.05) is 26.7 Å². The summed E-state index contributed by atoms with van der Waals surface area (Å²) in [5.41, 5.74) is -0.289. The number of amides is 1. The molecule has 1 aliphatic rings. The van der Waals surface area contributed by atoms with Gasteiger partial charge < -0.3 is 20.7 Å². The molecule has 128 valence electrons. The van der Waals surface area contributed by atoms with Crippen LogP contribution in [0.4, 0.5) is 0 Å². The number of carbonyl (C=O) groups is 1. The zero-order valence-corrected chi connectivity index (χ0v) is 14.5. The van der Waals surface area contributed by atoms with Crippen LogP contribution in [0, 0.1) is 0 Å². The number of carbonyl (C=O) groups excluding carboxylic acids is 1. The number of aliphatic imine (C=N–C) groups is 1. The van der Waals surface area contributed by atoms with Crippen molar-refractivity contribution in [3.63, 3.8) is 0 Å². The molecule has 0 aliphatic heterocycles. The van der Waals surface area contributed by atoms with Gasteiger partial charge in [0.2, 0.25) is 5.91 Å². The summed E-state index contributed by atoms with van der Waals surface area (Å²) in [6.45, 7) is 7.94. The van der Waals surface area contributed by atoms with E-state index in [0.29, 0.717) is 25.6 Å². The highest BCUT2D eigenvalue weighted by atomic mass is 16.5. The first-order chi connectivity index (χ1) is 10.5. The Morgan fingerprint density at radius 2 is 1.95 bits per heavy atom. The quantitative estimate of drug-likeness (QED) is 0.468. The molecule has 0 aromatic rings. The average molecular weight is 312 g/mol. The molecule has 1 fully saturated rings. The van der Waals surface area contributed by atoms with Crippen LogP contribution < -0.4 is 16.0 Å². The van der Waals surface area contributed by atoms with Gasteiger partial charge in [0.25, 0.3) is 0 Å². The van der Waals surface area contributed by atoms with Crippen LogP contribution in [-0.2, 0) is 9.53 Å². The van der Waals surface area contributed by atoms with E-state index in [9.17, 15) is 4.79 Å². The summed E-state index contributed by atoms with van der Waals surface area (Å²) in [5.74, 6) is 0.841. The van der Waals surface area contributed by atoms with E-state index in [4.69, 9.17) is 4.74 Å². The predicted octanol–water partition coefficient (Wildman–Crippen LogP) is 1.42. The van der Waals surface area contributed by atoms with E-state index >= 15 is 0 Å². The van der Waals surface area contributed by atoms with Crippen LogP contribution in [-0.4, -0.2) is 50.3 Å². The van der Waals surface area contributed by atoms with Gasteiger partial charge in [0.1, 0.15) is 0 Å². The van der Waals surface area contributed by atoms with E-state index in [1.54, 1.807) is 7.11 Å². The molecule has 3 N–H and O–H groups in total. The van der Waals surface area contributed by atoms with E-state index in [1.165, 1.54) is 12.8 Å². The molecule has 1 rings (SSSR count). The van der Waals surface area contributed by atoms with Gasteiger partial charge in [0.05, 0.1) is 12.1 Å². The standard InChI is InChI=1S/C16H32N4O2/c1-5-17-15(19-12-16(2,3)22-4)18-11-10-14(21)20-13-8-6-7-9-13/h13H,5-12H2,1-4H3,(H,20,21)(H2,17,18,19). The van der Waals surface area contributed by atoms with Gasteiger partial charge in [-0.3, -0.25) is 9.79 Å². The van der Waals surface area contributed by atoms with Crippen molar-refractivity contribution in [1.82, 2.24) is 16.0 Å². The zero-order chi connectivity index (χ0) is 16.4. The van der Waals surface area contributed by atoms with Crippen molar-refractivity contribution in [3.8, 4) is 0 Å². The Morgan fingerprint density at radius 1 is 1.27 bits per heavy atom. The molecule has 22 heavy (non-hydrogen) atoms. The number of ether oxygens (including phenoxy) is 1. The lowest BCUT2D eigenvalue weighted by molar-refractivity contribution is -0.121. The SMILES string of the molecule is CCNC(=NCC(C)(C)OC)NCCC(=O)NC1CCCC1. The van der Waals surface area contributed by atoms with E-state index in [0.717, 1.165) is 25.3 Å². The number of guanidine groups is 1. The van der Waals surface area contributed by atoms with Crippen LogP contribution in [0.1, 0.15) is 52.9 Å². The van der Waals surface area contributed by atoms with Crippen molar-refractivity contribution in [2.45, 2.75) is 64.5 Å². The van der Waals surface area contributed by atoms with Gasteiger partial charge in [-0.1, -0.05) is 12.8 Å². The second-order valence-corrected chi connectivity index (χ2v) is 6.38. The van der Waals surface area contributed by atoms with Crippen molar-refractivity contribution in [2.24, 2.45) is 4.99 Å². The molecule has 1 aliphatic carbocycles. The van der Waals surface area contributed by atoms with Crippen LogP contribution in [0.3, 0.4) is 0 Å². The third kappa shape index (κ3) is 7.64. The molecule has 0 radical (unpaired) electrons. The fourth-order valence-corrected chi connectivity index (χ4v) is 2.34. The summed E-state index contributed by atoms with van der Waals surface area (Å²) in [6.07, 6.45) is 5.17. The molecule has 0 heterocycles. The second kappa shape index (κ2) is 9.66. The lowest BCUT2D eigenvalue weighted by atomic mass is 10.1. The highest BCUT2D eigenvalue weighted by Gasteiger charge is 2.17. The normalized spacial score (nSPS) is 16.6. The van der Waals surface area contributed by atoms with Crippen molar-refractivity contribution >= 4 is 11.9 Å². The maximum atomic E-state index is 11.9. The summed E-state index contributed by atoms with van der Waals surface area (Å²) in [6, 6.07) is 0.386. The summed E-state index contributed by atoms with van der Waals surface area (Å²) < 4.78 is 5.36. The second-order valence-electron chi connectivity index (χ2n) is 6.38. The molecule has 0 aromatic carbocycles. The molecule has 1 amide bonds. The molecule has 1 saturated carbocycles. The number of nitrogens with one attached hydrogen (secondary N) is 3. The third-order valence-electron chi connectivity index (χ3n) is 3.88. The van der Waals surface area contributed by atoms with Gasteiger partial charge in [-0.2, -0.15) is 0 Å². The van der Waals surface area contributed by atoms with E-state index < -0.39 is 0 Å². The molecule has 6 heteroatoms. The number of methoxy groups -OCH3 is 1. The lowest BCUT2D eigenvalue weighted by Crippen LogP contribution is -2.41. The minimum Gasteiger partial charge on any atom is -0.377 e. The Kier molecular flexibility index (Phi) is 8.24. The fraction of sp³-hybridized carbons (Fsp3) is 0.875. The smallest absolute Gasteiger partial charge is 0.221 e. The van der Waals surface area contributed by atoms with Crippen molar-refractivity contribution < 1.29 is 9.53 Å². The monoisotopic (exact) mass is 312 g/mol. The van der Waals surface area contributed by atoms with Crippen LogP contribution in [0.15, 0.2) is 4.99 Å². The highest BCUT2D eigenvalue weighted by molar-refractivity contribution is 5.81. The van der Waals surface area contributed by atoms with Gasteiger partial charge >= 0.3 is 0 Å². The van der Waals surface area contributed by atoms with Crippen molar-refractivity contribution in [1.29, 1.82) is 0 Å². The van der Waals surface area contributed by atoms with E-state index in [-0.39, 0.29) is 11.5 Å². The average Bonchev–Trinajstić information content (AvgIpc) is 2.97. The van der Waals surface area contributed by atoms with Gasteiger partial charge in [0.15, 0.2) is 5.96 Å². The first-order valence-electron chi connectivity index (χ1n) is 8.33. The van der Waals surface area contributed by atoms with Gasteiger partial charge in [-0.05, 0) is 33.6 Å². The molecular weight excluding hydrogens is 280 g/mol. The van der Waals surface area contributed by atoms with E-state index in [2.05, 4.69) is 20.9 Å². The number of nitrogens with zero attached hydrogens (tertiary/aromatic N) is 1. The maximum Gasteiger partial charge on any atom is 0.221 e. The van der Waals surface area contributed by atoms with Crippen LogP contribution in [0.25, 0.3) is 0 Å². The molecule has 6 nitrogen and oxygen atoms in total. The fourth-order valence-electron chi connectivity index (χ4n) is 2.34. The number of rotatable bonds is 8. The van der Waals surface area contributed by atoms with Crippen LogP contribution in [0.5, 0.6) is 0 Å². The molecule has 0 unspecified atom stereocenters. The zero-order valence-electron chi connectivity index (χ0n) is 14.5. The molecular formula is C16H32N4O2. The molecule has 0 saturated heterocycles. The molecule has 0 aromatic heterocycles. The number of hydrogen-bond acceptors (Lipinski definition) is 3. The topological polar surface area (TPSA) is 74.8 Å². The molecule has 0 atom stereocenters. The first kappa shape index (κ1) is 18.7. The minimum absolute atomic E-state index is 0.118. The molecule has 0 bridgehead atoms. The number of hydrogen-bond donors (Lipinski definition) is 3. The van der Waals surface area contributed by atoms with Crippen molar-refractivity contribution in [3.05, 3.63) is 0 Å². The van der Waals surface area contributed by atoms with Gasteiger partial charge in [-0.15, -0.1) is 0 Å². The first-order valence-corrected chi connectivity index (χ1v) is 8.33. The lowest BCUT2D eigenvalue weighted by Gasteiger charge is -2.21. The predicted molar refractivity (Wildman–Crippen MR) is 90.1 cm³/mol. The van der Waals surface area contributed by atoms with Gasteiger partial charge in [0, 0.05) is 32.7 Å². The van der Waals surface area contributed by atoms with Crippen LogP contribution in [0.2, 0.25) is 0 Å². The summed E-state index contributed by atoms with van der Waals surface area (Å²) in [5, 5.41) is 9.46. The summed E-state index contributed by atoms with van der Waals surface area (Å²) in [7, 11) is 1.68. The Hall–Kier alpha value is -1.30. The Balaban J connectivity index is 2.30.